The lowest BCUT2D eigenvalue weighted by atomic mass is 9.99. The lowest BCUT2D eigenvalue weighted by molar-refractivity contribution is 0.477. The normalized spacial score (nSPS) is 18.9. The van der Waals surface area contributed by atoms with Crippen molar-refractivity contribution in [1.29, 1.82) is 0 Å². The molecule has 1 aliphatic carbocycles. The molecular weight excluding hydrogens is 314 g/mol. The zero-order valence-corrected chi connectivity index (χ0v) is 13.9. The van der Waals surface area contributed by atoms with E-state index in [9.17, 15) is 9.90 Å². The van der Waals surface area contributed by atoms with Crippen molar-refractivity contribution in [2.45, 2.75) is 18.3 Å². The Balaban J connectivity index is 1.64. The molecule has 0 unspecified atom stereocenters. The molecule has 2 aromatic carbocycles. The van der Waals surface area contributed by atoms with Gasteiger partial charge in [0, 0.05) is 24.6 Å². The minimum absolute atomic E-state index is 0.129. The van der Waals surface area contributed by atoms with Gasteiger partial charge in [0.25, 0.3) is 5.56 Å². The molecular formula is C20H19N3O2. The van der Waals surface area contributed by atoms with Crippen molar-refractivity contribution in [1.82, 2.24) is 9.55 Å². The summed E-state index contributed by atoms with van der Waals surface area (Å²) >= 11 is 0. The minimum Gasteiger partial charge on any atom is -0.507 e. The number of para-hydroxylation sites is 1. The predicted octanol–water partition coefficient (Wildman–Crippen LogP) is 3.01. The first-order valence-corrected chi connectivity index (χ1v) is 8.26. The molecule has 1 saturated carbocycles. The van der Waals surface area contributed by atoms with Crippen molar-refractivity contribution < 1.29 is 5.11 Å². The summed E-state index contributed by atoms with van der Waals surface area (Å²) in [6.45, 7) is 0. The van der Waals surface area contributed by atoms with Gasteiger partial charge in [-0.1, -0.05) is 42.5 Å². The number of benzene rings is 2. The second-order valence-corrected chi connectivity index (χ2v) is 6.53. The summed E-state index contributed by atoms with van der Waals surface area (Å²) in [4.78, 5) is 16.3. The van der Waals surface area contributed by atoms with Crippen LogP contribution in [0, 0.1) is 0 Å². The van der Waals surface area contributed by atoms with Gasteiger partial charge in [-0.2, -0.15) is 0 Å². The molecule has 0 bridgehead atoms. The van der Waals surface area contributed by atoms with E-state index in [1.165, 1.54) is 10.1 Å². The average molecular weight is 333 g/mol. The van der Waals surface area contributed by atoms with E-state index in [0.29, 0.717) is 5.92 Å². The largest absolute Gasteiger partial charge is 0.507 e. The molecule has 5 nitrogen and oxygen atoms in total. The summed E-state index contributed by atoms with van der Waals surface area (Å²) in [6.07, 6.45) is 0.948. The van der Waals surface area contributed by atoms with E-state index >= 15 is 0 Å². The Morgan fingerprint density at radius 1 is 1.12 bits per heavy atom. The molecule has 0 radical (unpaired) electrons. The van der Waals surface area contributed by atoms with Crippen LogP contribution in [-0.2, 0) is 7.05 Å². The molecule has 2 atom stereocenters. The van der Waals surface area contributed by atoms with Crippen LogP contribution in [0.3, 0.4) is 0 Å². The Morgan fingerprint density at radius 2 is 1.92 bits per heavy atom. The zero-order chi connectivity index (χ0) is 17.6. The molecule has 1 aromatic heterocycles. The third kappa shape index (κ3) is 2.78. The Hall–Kier alpha value is -3.08. The van der Waals surface area contributed by atoms with Gasteiger partial charge in [0.1, 0.15) is 5.75 Å². The maximum atomic E-state index is 11.9. The molecule has 0 spiro atoms. The van der Waals surface area contributed by atoms with Crippen LogP contribution in [0.1, 0.15) is 29.5 Å². The van der Waals surface area contributed by atoms with Crippen LogP contribution in [-0.4, -0.2) is 14.7 Å². The van der Waals surface area contributed by atoms with Crippen molar-refractivity contribution in [3.05, 3.63) is 76.2 Å². The molecule has 126 valence electrons. The monoisotopic (exact) mass is 333 g/mol. The molecule has 0 saturated heterocycles. The van der Waals surface area contributed by atoms with Crippen LogP contribution in [0.15, 0.2) is 59.4 Å². The topological polar surface area (TPSA) is 81.1 Å². The highest BCUT2D eigenvalue weighted by atomic mass is 16.3. The number of nitrogens with zero attached hydrogens (tertiary/aromatic N) is 2. The summed E-state index contributed by atoms with van der Waals surface area (Å²) in [7, 11) is 1.62. The fourth-order valence-corrected chi connectivity index (χ4v) is 3.31. The Kier molecular flexibility index (Phi) is 3.57. The molecule has 1 aliphatic rings. The third-order valence-electron chi connectivity index (χ3n) is 4.89. The van der Waals surface area contributed by atoms with Crippen molar-refractivity contribution in [3.8, 4) is 16.9 Å². The standard InChI is InChI=1S/C20H19N3O2/c1-23-19(25)11-17(22-20(23)21)16-10-15(16)13-6-4-5-12(9-13)14-7-2-3-8-18(14)24/h2-9,11,15-16,24H,10H2,1H3,(H2,21,22)/t15-,16-/m0/s1. The zero-order valence-electron chi connectivity index (χ0n) is 13.9. The predicted molar refractivity (Wildman–Crippen MR) is 97.5 cm³/mol. The van der Waals surface area contributed by atoms with Gasteiger partial charge in [0.15, 0.2) is 0 Å². The van der Waals surface area contributed by atoms with E-state index in [4.69, 9.17) is 5.73 Å². The first kappa shape index (κ1) is 15.4. The van der Waals surface area contributed by atoms with Crippen LogP contribution in [0.4, 0.5) is 5.95 Å². The van der Waals surface area contributed by atoms with Gasteiger partial charge >= 0.3 is 0 Å². The second-order valence-electron chi connectivity index (χ2n) is 6.53. The minimum atomic E-state index is -0.129. The molecule has 0 aliphatic heterocycles. The first-order chi connectivity index (χ1) is 12.0. The highest BCUT2D eigenvalue weighted by molar-refractivity contribution is 5.70. The number of nitrogen functional groups attached to an aromatic ring is 1. The van der Waals surface area contributed by atoms with Crippen LogP contribution < -0.4 is 11.3 Å². The fraction of sp³-hybridized carbons (Fsp3) is 0.200. The number of hydrogen-bond donors (Lipinski definition) is 2. The summed E-state index contributed by atoms with van der Waals surface area (Å²) in [6, 6.07) is 17.1. The van der Waals surface area contributed by atoms with Crippen LogP contribution >= 0.6 is 0 Å². The van der Waals surface area contributed by atoms with Crippen LogP contribution in [0.2, 0.25) is 0 Å². The number of rotatable bonds is 3. The Morgan fingerprint density at radius 3 is 2.68 bits per heavy atom. The Bertz CT molecular complexity index is 1010. The fourth-order valence-electron chi connectivity index (χ4n) is 3.31. The lowest BCUT2D eigenvalue weighted by Crippen LogP contribution is -2.21. The van der Waals surface area contributed by atoms with E-state index < -0.39 is 0 Å². The van der Waals surface area contributed by atoms with Crippen molar-refractivity contribution in [2.75, 3.05) is 5.73 Å². The van der Waals surface area contributed by atoms with E-state index in [1.54, 1.807) is 19.2 Å². The van der Waals surface area contributed by atoms with E-state index in [0.717, 1.165) is 23.2 Å². The summed E-state index contributed by atoms with van der Waals surface area (Å²) < 4.78 is 1.35. The average Bonchev–Trinajstić information content (AvgIpc) is 3.40. The lowest BCUT2D eigenvalue weighted by Gasteiger charge is -2.08. The second kappa shape index (κ2) is 5.77. The molecule has 0 amide bonds. The quantitative estimate of drug-likeness (QED) is 0.772. The van der Waals surface area contributed by atoms with Gasteiger partial charge in [-0.15, -0.1) is 0 Å². The molecule has 5 heteroatoms. The smallest absolute Gasteiger partial charge is 0.254 e. The van der Waals surface area contributed by atoms with Crippen LogP contribution in [0.5, 0.6) is 5.75 Å². The van der Waals surface area contributed by atoms with Gasteiger partial charge < -0.3 is 10.8 Å². The molecule has 25 heavy (non-hydrogen) atoms. The van der Waals surface area contributed by atoms with Crippen LogP contribution in [0.25, 0.3) is 11.1 Å². The number of phenols is 1. The molecule has 4 rings (SSSR count). The van der Waals surface area contributed by atoms with E-state index in [1.807, 2.05) is 30.3 Å². The van der Waals surface area contributed by atoms with Crippen molar-refractivity contribution in [3.63, 3.8) is 0 Å². The SMILES string of the molecule is Cn1c(N)nc([C@H]2C[C@H]2c2cccc(-c3ccccc3O)c2)cc1=O. The van der Waals surface area contributed by atoms with Gasteiger partial charge in [0.05, 0.1) is 5.69 Å². The number of nitrogens with two attached hydrogens (primary N) is 1. The van der Waals surface area contributed by atoms with Gasteiger partial charge in [-0.05, 0) is 29.5 Å². The summed E-state index contributed by atoms with van der Waals surface area (Å²) in [5, 5.41) is 10.1. The molecule has 1 heterocycles. The number of aromatic nitrogens is 2. The number of phenolic OH excluding ortho intramolecular Hbond substituents is 1. The van der Waals surface area contributed by atoms with Gasteiger partial charge in [0.2, 0.25) is 5.95 Å². The van der Waals surface area contributed by atoms with Crippen molar-refractivity contribution in [2.24, 2.45) is 7.05 Å². The number of aromatic hydroxyl groups is 1. The van der Waals surface area contributed by atoms with Gasteiger partial charge in [-0.3, -0.25) is 9.36 Å². The first-order valence-electron chi connectivity index (χ1n) is 8.26. The number of hydrogen-bond acceptors (Lipinski definition) is 4. The summed E-state index contributed by atoms with van der Waals surface area (Å²) in [5.74, 6) is 1.06. The van der Waals surface area contributed by atoms with Gasteiger partial charge in [-0.25, -0.2) is 4.98 Å². The van der Waals surface area contributed by atoms with E-state index in [-0.39, 0.29) is 23.2 Å². The Labute approximate surface area is 145 Å². The maximum Gasteiger partial charge on any atom is 0.254 e. The highest BCUT2D eigenvalue weighted by Gasteiger charge is 2.41. The maximum absolute atomic E-state index is 11.9. The summed E-state index contributed by atoms with van der Waals surface area (Å²) in [5.41, 5.74) is 9.43. The highest BCUT2D eigenvalue weighted by Crippen LogP contribution is 2.54. The van der Waals surface area contributed by atoms with Crippen molar-refractivity contribution >= 4 is 5.95 Å². The molecule has 3 aromatic rings. The molecule has 1 fully saturated rings. The third-order valence-corrected chi connectivity index (χ3v) is 4.89. The van der Waals surface area contributed by atoms with E-state index in [2.05, 4.69) is 17.1 Å². The number of anilines is 1. The molecule has 3 N–H and O–H groups in total.